The molecule has 0 bridgehead atoms. The number of aryl methyl sites for hydroxylation is 1. The quantitative estimate of drug-likeness (QED) is 0.293. The Labute approximate surface area is 193 Å². The second kappa shape index (κ2) is 14.3. The maximum absolute atomic E-state index is 12.5. The summed E-state index contributed by atoms with van der Waals surface area (Å²) >= 11 is 0. The van der Waals surface area contributed by atoms with Crippen LogP contribution in [0.15, 0.2) is 48.5 Å². The third-order valence-electron chi connectivity index (χ3n) is 5.56. The summed E-state index contributed by atoms with van der Waals surface area (Å²) in [6, 6.07) is 16.1. The van der Waals surface area contributed by atoms with Crippen LogP contribution < -0.4 is 10.2 Å². The zero-order valence-corrected chi connectivity index (χ0v) is 19.9. The standard InChI is InChI=1S/C27H38N2O3/c1-4-6-7-8-9-10-20-28-27(31)29(3)25-13-11-12-24(21-25)23-17-14-22(15-18-23)16-19-26(30)32-5-2/h11-15,17-18,21H,4-10,16,19-20H2,1-3H3,(H,28,31). The number of esters is 1. The number of rotatable bonds is 13. The molecule has 0 aliphatic heterocycles. The number of nitrogens with one attached hydrogen (secondary N) is 1. The van der Waals surface area contributed by atoms with E-state index in [-0.39, 0.29) is 12.0 Å². The maximum atomic E-state index is 12.5. The fraction of sp³-hybridized carbons (Fsp3) is 0.481. The highest BCUT2D eigenvalue weighted by Crippen LogP contribution is 2.25. The van der Waals surface area contributed by atoms with Crippen molar-refractivity contribution in [3.63, 3.8) is 0 Å². The van der Waals surface area contributed by atoms with Crippen molar-refractivity contribution in [3.05, 3.63) is 54.1 Å². The van der Waals surface area contributed by atoms with Gasteiger partial charge in [0.05, 0.1) is 6.61 Å². The topological polar surface area (TPSA) is 58.6 Å². The number of hydrogen-bond acceptors (Lipinski definition) is 3. The van der Waals surface area contributed by atoms with E-state index >= 15 is 0 Å². The number of benzene rings is 2. The van der Waals surface area contributed by atoms with Gasteiger partial charge >= 0.3 is 12.0 Å². The first-order valence-corrected chi connectivity index (χ1v) is 11.9. The Kier molecular flexibility index (Phi) is 11.4. The molecule has 0 radical (unpaired) electrons. The van der Waals surface area contributed by atoms with E-state index < -0.39 is 0 Å². The molecular weight excluding hydrogens is 400 g/mol. The zero-order valence-electron chi connectivity index (χ0n) is 19.9. The number of carbonyl (C=O) groups is 2. The first kappa shape index (κ1) is 25.4. The summed E-state index contributed by atoms with van der Waals surface area (Å²) in [5.74, 6) is -0.165. The van der Waals surface area contributed by atoms with E-state index in [1.54, 1.807) is 11.9 Å². The molecule has 2 rings (SSSR count). The van der Waals surface area contributed by atoms with E-state index in [1.807, 2.05) is 43.3 Å². The van der Waals surface area contributed by atoms with Crippen LogP contribution in [-0.4, -0.2) is 32.2 Å². The third-order valence-corrected chi connectivity index (χ3v) is 5.56. The smallest absolute Gasteiger partial charge is 0.321 e. The lowest BCUT2D eigenvalue weighted by Gasteiger charge is -2.19. The number of carbonyl (C=O) groups excluding carboxylic acids is 2. The molecular formula is C27H38N2O3. The lowest BCUT2D eigenvalue weighted by molar-refractivity contribution is -0.143. The number of anilines is 1. The number of ether oxygens (including phenoxy) is 1. The summed E-state index contributed by atoms with van der Waals surface area (Å²) in [5, 5.41) is 3.02. The van der Waals surface area contributed by atoms with Crippen molar-refractivity contribution in [2.24, 2.45) is 0 Å². The van der Waals surface area contributed by atoms with E-state index in [9.17, 15) is 9.59 Å². The van der Waals surface area contributed by atoms with Crippen LogP contribution in [0.3, 0.4) is 0 Å². The van der Waals surface area contributed by atoms with Gasteiger partial charge in [0, 0.05) is 25.7 Å². The molecule has 0 fully saturated rings. The number of urea groups is 1. The van der Waals surface area contributed by atoms with E-state index in [2.05, 4.69) is 24.4 Å². The van der Waals surface area contributed by atoms with E-state index in [1.165, 1.54) is 25.7 Å². The molecule has 0 heterocycles. The number of hydrogen-bond donors (Lipinski definition) is 1. The Morgan fingerprint density at radius 2 is 1.62 bits per heavy atom. The molecule has 2 aromatic rings. The highest BCUT2D eigenvalue weighted by atomic mass is 16.5. The Bertz CT molecular complexity index is 833. The third kappa shape index (κ3) is 8.74. The molecule has 2 amide bonds. The Morgan fingerprint density at radius 1 is 0.906 bits per heavy atom. The first-order valence-electron chi connectivity index (χ1n) is 11.9. The lowest BCUT2D eigenvalue weighted by Crippen LogP contribution is -2.37. The Hall–Kier alpha value is -2.82. The summed E-state index contributed by atoms with van der Waals surface area (Å²) in [4.78, 5) is 25.7. The monoisotopic (exact) mass is 438 g/mol. The van der Waals surface area contributed by atoms with Gasteiger partial charge in [-0.2, -0.15) is 0 Å². The highest BCUT2D eigenvalue weighted by molar-refractivity contribution is 5.92. The SMILES string of the molecule is CCCCCCCCNC(=O)N(C)c1cccc(-c2ccc(CCC(=O)OCC)cc2)c1. The fourth-order valence-corrected chi connectivity index (χ4v) is 3.57. The van der Waals surface area contributed by atoms with E-state index in [0.717, 1.165) is 35.2 Å². The second-order valence-electron chi connectivity index (χ2n) is 8.11. The summed E-state index contributed by atoms with van der Waals surface area (Å²) in [5.41, 5.74) is 4.08. The van der Waals surface area contributed by atoms with Gasteiger partial charge in [0.2, 0.25) is 0 Å². The van der Waals surface area contributed by atoms with Crippen molar-refractivity contribution in [2.75, 3.05) is 25.1 Å². The molecule has 2 aromatic carbocycles. The molecule has 1 N–H and O–H groups in total. The summed E-state index contributed by atoms with van der Waals surface area (Å²) < 4.78 is 4.99. The van der Waals surface area contributed by atoms with Crippen molar-refractivity contribution in [3.8, 4) is 11.1 Å². The highest BCUT2D eigenvalue weighted by Gasteiger charge is 2.11. The lowest BCUT2D eigenvalue weighted by atomic mass is 10.0. The molecule has 0 unspecified atom stereocenters. The van der Waals surface area contributed by atoms with Crippen LogP contribution in [0.2, 0.25) is 0 Å². The molecule has 32 heavy (non-hydrogen) atoms. The minimum absolute atomic E-state index is 0.0787. The van der Waals surface area contributed by atoms with Gasteiger partial charge in [-0.05, 0) is 48.6 Å². The minimum Gasteiger partial charge on any atom is -0.466 e. The molecule has 5 nitrogen and oxygen atoms in total. The molecule has 0 atom stereocenters. The Morgan fingerprint density at radius 3 is 2.34 bits per heavy atom. The van der Waals surface area contributed by atoms with Crippen LogP contribution in [0.1, 0.15) is 64.4 Å². The van der Waals surface area contributed by atoms with Gasteiger partial charge in [-0.3, -0.25) is 9.69 Å². The van der Waals surface area contributed by atoms with Gasteiger partial charge in [0.15, 0.2) is 0 Å². The molecule has 174 valence electrons. The van der Waals surface area contributed by atoms with Crippen molar-refractivity contribution >= 4 is 17.7 Å². The number of unbranched alkanes of at least 4 members (excludes halogenated alkanes) is 5. The fourth-order valence-electron chi connectivity index (χ4n) is 3.57. The predicted molar refractivity (Wildman–Crippen MR) is 132 cm³/mol. The average Bonchev–Trinajstić information content (AvgIpc) is 2.82. The number of amides is 2. The summed E-state index contributed by atoms with van der Waals surface area (Å²) in [7, 11) is 1.80. The van der Waals surface area contributed by atoms with Crippen LogP contribution in [0.25, 0.3) is 11.1 Å². The van der Waals surface area contributed by atoms with Crippen LogP contribution in [0.5, 0.6) is 0 Å². The van der Waals surface area contributed by atoms with E-state index in [4.69, 9.17) is 4.74 Å². The van der Waals surface area contributed by atoms with Gasteiger partial charge in [-0.15, -0.1) is 0 Å². The van der Waals surface area contributed by atoms with Gasteiger partial charge in [-0.1, -0.05) is 75.4 Å². The van der Waals surface area contributed by atoms with Crippen LogP contribution >= 0.6 is 0 Å². The summed E-state index contributed by atoms with van der Waals surface area (Å²) in [6.45, 7) is 5.16. The van der Waals surface area contributed by atoms with Crippen LogP contribution in [0.4, 0.5) is 10.5 Å². The molecule has 0 aliphatic rings. The van der Waals surface area contributed by atoms with Crippen molar-refractivity contribution in [2.45, 2.75) is 65.2 Å². The Balaban J connectivity index is 1.87. The normalized spacial score (nSPS) is 10.6. The zero-order chi connectivity index (χ0) is 23.2. The molecule has 0 saturated heterocycles. The van der Waals surface area contributed by atoms with Crippen molar-refractivity contribution in [1.82, 2.24) is 5.32 Å². The summed E-state index contributed by atoms with van der Waals surface area (Å²) in [6.07, 6.45) is 8.30. The minimum atomic E-state index is -0.165. The predicted octanol–water partition coefficient (Wildman–Crippen LogP) is 6.36. The maximum Gasteiger partial charge on any atom is 0.321 e. The van der Waals surface area contributed by atoms with Crippen molar-refractivity contribution in [1.29, 1.82) is 0 Å². The van der Waals surface area contributed by atoms with E-state index in [0.29, 0.717) is 26.0 Å². The van der Waals surface area contributed by atoms with Crippen molar-refractivity contribution < 1.29 is 14.3 Å². The molecule has 0 saturated carbocycles. The molecule has 5 heteroatoms. The number of nitrogens with zero attached hydrogens (tertiary/aromatic N) is 1. The van der Waals surface area contributed by atoms with Gasteiger partial charge in [-0.25, -0.2) is 4.79 Å². The van der Waals surface area contributed by atoms with Crippen LogP contribution in [0, 0.1) is 0 Å². The molecule has 0 aliphatic carbocycles. The second-order valence-corrected chi connectivity index (χ2v) is 8.11. The molecule has 0 spiro atoms. The van der Waals surface area contributed by atoms with Gasteiger partial charge < -0.3 is 10.1 Å². The van der Waals surface area contributed by atoms with Crippen LogP contribution in [-0.2, 0) is 16.0 Å². The first-order chi connectivity index (χ1) is 15.5. The van der Waals surface area contributed by atoms with Gasteiger partial charge in [0.1, 0.15) is 0 Å². The molecule has 0 aromatic heterocycles. The largest absolute Gasteiger partial charge is 0.466 e. The van der Waals surface area contributed by atoms with Gasteiger partial charge in [0.25, 0.3) is 0 Å². The average molecular weight is 439 g/mol.